The summed E-state index contributed by atoms with van der Waals surface area (Å²) in [5.74, 6) is 1.41. The van der Waals surface area contributed by atoms with Crippen LogP contribution in [0.25, 0.3) is 0 Å². The molecular formula is C18H22N2O. The zero-order chi connectivity index (χ0) is 15.6. The van der Waals surface area contributed by atoms with Crippen molar-refractivity contribution in [2.45, 2.75) is 33.1 Å². The van der Waals surface area contributed by atoms with Crippen molar-refractivity contribution in [3.05, 3.63) is 59.2 Å². The Morgan fingerprint density at radius 1 is 1.05 bits per heavy atom. The van der Waals surface area contributed by atoms with E-state index in [4.69, 9.17) is 15.9 Å². The lowest BCUT2D eigenvalue weighted by atomic mass is 9.86. The Bertz CT molecular complexity index is 669. The maximum atomic E-state index is 7.61. The second-order valence-corrected chi connectivity index (χ2v) is 6.24. The molecule has 21 heavy (non-hydrogen) atoms. The van der Waals surface area contributed by atoms with E-state index in [-0.39, 0.29) is 11.3 Å². The van der Waals surface area contributed by atoms with Crippen molar-refractivity contribution in [1.29, 1.82) is 5.41 Å². The molecule has 2 aromatic rings. The lowest BCUT2D eigenvalue weighted by Gasteiger charge is -2.21. The van der Waals surface area contributed by atoms with Gasteiger partial charge in [-0.15, -0.1) is 0 Å². The number of amidine groups is 1. The van der Waals surface area contributed by atoms with E-state index in [1.165, 1.54) is 5.56 Å². The van der Waals surface area contributed by atoms with Gasteiger partial charge >= 0.3 is 0 Å². The lowest BCUT2D eigenvalue weighted by molar-refractivity contribution is 0.476. The van der Waals surface area contributed by atoms with Gasteiger partial charge in [-0.1, -0.05) is 45.0 Å². The fourth-order valence-corrected chi connectivity index (χ4v) is 2.13. The molecular weight excluding hydrogens is 260 g/mol. The van der Waals surface area contributed by atoms with E-state index < -0.39 is 0 Å². The van der Waals surface area contributed by atoms with Crippen molar-refractivity contribution < 1.29 is 4.74 Å². The van der Waals surface area contributed by atoms with Crippen molar-refractivity contribution in [2.75, 3.05) is 0 Å². The maximum absolute atomic E-state index is 7.61. The van der Waals surface area contributed by atoms with Gasteiger partial charge in [-0.2, -0.15) is 0 Å². The van der Waals surface area contributed by atoms with E-state index in [1.54, 1.807) is 6.07 Å². The number of nitrogens with one attached hydrogen (secondary N) is 1. The van der Waals surface area contributed by atoms with Crippen LogP contribution in [0, 0.1) is 12.3 Å². The van der Waals surface area contributed by atoms with Crippen LogP contribution >= 0.6 is 0 Å². The third-order valence-electron chi connectivity index (χ3n) is 3.44. The van der Waals surface area contributed by atoms with E-state index in [1.807, 2.05) is 31.2 Å². The van der Waals surface area contributed by atoms with Gasteiger partial charge in [0.1, 0.15) is 17.3 Å². The largest absolute Gasteiger partial charge is 0.456 e. The number of para-hydroxylation sites is 1. The van der Waals surface area contributed by atoms with Gasteiger partial charge in [-0.25, -0.2) is 0 Å². The van der Waals surface area contributed by atoms with Crippen LogP contribution in [0.3, 0.4) is 0 Å². The normalized spacial score (nSPS) is 11.2. The first-order chi connectivity index (χ1) is 9.79. The van der Waals surface area contributed by atoms with Crippen LogP contribution in [0.4, 0.5) is 0 Å². The first-order valence-corrected chi connectivity index (χ1v) is 7.01. The molecule has 110 valence electrons. The Balaban J connectivity index is 2.35. The minimum Gasteiger partial charge on any atom is -0.456 e. The molecule has 0 aliphatic rings. The average Bonchev–Trinajstić information content (AvgIpc) is 2.40. The molecule has 0 aliphatic heterocycles. The summed E-state index contributed by atoms with van der Waals surface area (Å²) < 4.78 is 5.95. The Morgan fingerprint density at radius 3 is 2.29 bits per heavy atom. The van der Waals surface area contributed by atoms with Gasteiger partial charge in [0.15, 0.2) is 0 Å². The van der Waals surface area contributed by atoms with Crippen LogP contribution in [-0.4, -0.2) is 5.84 Å². The Labute approximate surface area is 126 Å². The Hall–Kier alpha value is -2.29. The van der Waals surface area contributed by atoms with Gasteiger partial charge < -0.3 is 10.5 Å². The summed E-state index contributed by atoms with van der Waals surface area (Å²) in [7, 11) is 0. The number of hydrogen-bond donors (Lipinski definition) is 2. The van der Waals surface area contributed by atoms with Crippen molar-refractivity contribution in [3.8, 4) is 11.5 Å². The standard InChI is InChI=1S/C18H22N2O/c1-12-11-13(18(2,3)4)9-10-15(12)21-16-8-6-5-7-14(16)17(19)20/h5-11H,1-4H3,(H3,19,20). The van der Waals surface area contributed by atoms with Crippen LogP contribution < -0.4 is 10.5 Å². The molecule has 0 saturated carbocycles. The number of hydrogen-bond acceptors (Lipinski definition) is 2. The summed E-state index contributed by atoms with van der Waals surface area (Å²) in [5.41, 5.74) is 8.65. The van der Waals surface area contributed by atoms with Crippen molar-refractivity contribution >= 4 is 5.84 Å². The molecule has 3 N–H and O–H groups in total. The second kappa shape index (κ2) is 5.60. The third kappa shape index (κ3) is 3.43. The molecule has 2 rings (SSSR count). The highest BCUT2D eigenvalue weighted by atomic mass is 16.5. The molecule has 0 saturated heterocycles. The smallest absolute Gasteiger partial charge is 0.138 e. The minimum absolute atomic E-state index is 0.00886. The molecule has 2 aromatic carbocycles. The van der Waals surface area contributed by atoms with E-state index in [0.717, 1.165) is 11.3 Å². The number of benzene rings is 2. The van der Waals surface area contributed by atoms with Crippen LogP contribution in [0.2, 0.25) is 0 Å². The van der Waals surface area contributed by atoms with Gasteiger partial charge in [0.25, 0.3) is 0 Å². The maximum Gasteiger partial charge on any atom is 0.138 e. The molecule has 0 unspecified atom stereocenters. The van der Waals surface area contributed by atoms with Crippen LogP contribution in [0.15, 0.2) is 42.5 Å². The predicted molar refractivity (Wildman–Crippen MR) is 87.4 cm³/mol. The lowest BCUT2D eigenvalue weighted by Crippen LogP contribution is -2.12. The van der Waals surface area contributed by atoms with E-state index in [9.17, 15) is 0 Å². The first kappa shape index (κ1) is 15.1. The van der Waals surface area contributed by atoms with Gasteiger partial charge in [-0.3, -0.25) is 5.41 Å². The van der Waals surface area contributed by atoms with Crippen molar-refractivity contribution in [3.63, 3.8) is 0 Å². The number of rotatable bonds is 3. The quantitative estimate of drug-likeness (QED) is 0.648. The SMILES string of the molecule is Cc1cc(C(C)(C)C)ccc1Oc1ccccc1C(=N)N. The number of nitrogen functional groups attached to an aromatic ring is 1. The van der Waals surface area contributed by atoms with Gasteiger partial charge in [0.05, 0.1) is 5.56 Å². The van der Waals surface area contributed by atoms with Crippen LogP contribution in [-0.2, 0) is 5.41 Å². The summed E-state index contributed by atoms with van der Waals surface area (Å²) in [6.45, 7) is 8.59. The van der Waals surface area contributed by atoms with Gasteiger partial charge in [0, 0.05) is 0 Å². The van der Waals surface area contributed by atoms with E-state index in [0.29, 0.717) is 11.3 Å². The predicted octanol–water partition coefficient (Wildman–Crippen LogP) is 4.37. The molecule has 0 fully saturated rings. The molecule has 0 bridgehead atoms. The van der Waals surface area contributed by atoms with Gasteiger partial charge in [0.2, 0.25) is 0 Å². The summed E-state index contributed by atoms with van der Waals surface area (Å²) in [6, 6.07) is 13.5. The zero-order valence-electron chi connectivity index (χ0n) is 13.0. The number of nitrogens with two attached hydrogens (primary N) is 1. The van der Waals surface area contributed by atoms with E-state index in [2.05, 4.69) is 32.9 Å². The van der Waals surface area contributed by atoms with Crippen molar-refractivity contribution in [1.82, 2.24) is 0 Å². The highest BCUT2D eigenvalue weighted by Crippen LogP contribution is 2.31. The molecule has 3 nitrogen and oxygen atoms in total. The zero-order valence-corrected chi connectivity index (χ0v) is 13.0. The summed E-state index contributed by atoms with van der Waals surface area (Å²) in [4.78, 5) is 0. The van der Waals surface area contributed by atoms with Crippen molar-refractivity contribution in [2.24, 2.45) is 5.73 Å². The molecule has 0 aliphatic carbocycles. The highest BCUT2D eigenvalue weighted by Gasteiger charge is 2.15. The minimum atomic E-state index is 0.00886. The fraction of sp³-hybridized carbons (Fsp3) is 0.278. The van der Waals surface area contributed by atoms with Crippen LogP contribution in [0.1, 0.15) is 37.5 Å². The molecule has 3 heteroatoms. The third-order valence-corrected chi connectivity index (χ3v) is 3.44. The second-order valence-electron chi connectivity index (χ2n) is 6.24. The monoisotopic (exact) mass is 282 g/mol. The Morgan fingerprint density at radius 2 is 1.71 bits per heavy atom. The fourth-order valence-electron chi connectivity index (χ4n) is 2.13. The summed E-state index contributed by atoms with van der Waals surface area (Å²) in [5, 5.41) is 7.61. The molecule has 0 aromatic heterocycles. The van der Waals surface area contributed by atoms with Gasteiger partial charge in [-0.05, 0) is 41.7 Å². The Kier molecular flexibility index (Phi) is 4.03. The summed E-state index contributed by atoms with van der Waals surface area (Å²) >= 11 is 0. The molecule has 0 radical (unpaired) electrons. The molecule has 0 heterocycles. The molecule has 0 atom stereocenters. The first-order valence-electron chi connectivity index (χ1n) is 7.01. The highest BCUT2D eigenvalue weighted by molar-refractivity contribution is 5.97. The molecule has 0 amide bonds. The number of aryl methyl sites for hydroxylation is 1. The summed E-state index contributed by atoms with van der Waals surface area (Å²) in [6.07, 6.45) is 0. The van der Waals surface area contributed by atoms with Crippen LogP contribution in [0.5, 0.6) is 11.5 Å². The van der Waals surface area contributed by atoms with E-state index >= 15 is 0 Å². The average molecular weight is 282 g/mol. The topological polar surface area (TPSA) is 59.1 Å². The molecule has 0 spiro atoms. The number of ether oxygens (including phenoxy) is 1.